The number of fused-ring (bicyclic) bond motifs is 1. The van der Waals surface area contributed by atoms with Gasteiger partial charge in [-0.2, -0.15) is 0 Å². The molecular weight excluding hydrogens is 195 g/mol. The molecule has 3 rings (SSSR count). The first-order chi connectivity index (χ1) is 7.34. The number of halogens is 1. The quantitative estimate of drug-likeness (QED) is 0.775. The van der Waals surface area contributed by atoms with E-state index >= 15 is 0 Å². The lowest BCUT2D eigenvalue weighted by molar-refractivity contribution is 0.436. The fourth-order valence-electron chi connectivity index (χ4n) is 1.84. The van der Waals surface area contributed by atoms with Crippen molar-refractivity contribution >= 4 is 5.88 Å². The minimum Gasteiger partial charge on any atom is -0.353 e. The Labute approximate surface area is 85.9 Å². The molecule has 76 valence electrons. The van der Waals surface area contributed by atoms with Crippen LogP contribution in [0.1, 0.15) is 5.56 Å². The highest BCUT2D eigenvalue weighted by Crippen LogP contribution is 2.32. The van der Waals surface area contributed by atoms with E-state index in [0.29, 0.717) is 5.88 Å². The number of aromatic nitrogens is 1. The third-order valence-electron chi connectivity index (χ3n) is 2.55. The number of benzene rings is 1. The smallest absolute Gasteiger partial charge is 0.228 e. The molecule has 0 atom stereocenters. The van der Waals surface area contributed by atoms with Crippen molar-refractivity contribution in [3.8, 4) is 11.3 Å². The summed E-state index contributed by atoms with van der Waals surface area (Å²) >= 11 is 0. The van der Waals surface area contributed by atoms with Gasteiger partial charge in [0.2, 0.25) is 5.88 Å². The second-order valence-electron chi connectivity index (χ2n) is 3.53. The van der Waals surface area contributed by atoms with E-state index in [2.05, 4.69) is 10.5 Å². The Balaban J connectivity index is 2.13. The largest absolute Gasteiger partial charge is 0.353 e. The third kappa shape index (κ3) is 1.29. The lowest BCUT2D eigenvalue weighted by atomic mass is 10.1. The van der Waals surface area contributed by atoms with Gasteiger partial charge < -0.3 is 9.84 Å². The van der Waals surface area contributed by atoms with E-state index in [1.165, 1.54) is 12.1 Å². The van der Waals surface area contributed by atoms with Gasteiger partial charge >= 0.3 is 0 Å². The van der Waals surface area contributed by atoms with Gasteiger partial charge in [0.1, 0.15) is 11.5 Å². The first-order valence-corrected chi connectivity index (χ1v) is 4.83. The van der Waals surface area contributed by atoms with Crippen LogP contribution in [0.15, 0.2) is 28.8 Å². The number of hydrogen-bond acceptors (Lipinski definition) is 3. The van der Waals surface area contributed by atoms with Crippen LogP contribution in [0.2, 0.25) is 0 Å². The van der Waals surface area contributed by atoms with Crippen molar-refractivity contribution in [2.45, 2.75) is 6.42 Å². The molecule has 0 saturated heterocycles. The SMILES string of the molecule is Fc1cccc(-c2noc3c2CCN3)c1. The average molecular weight is 204 g/mol. The lowest BCUT2D eigenvalue weighted by Gasteiger charge is -1.97. The van der Waals surface area contributed by atoms with Crippen molar-refractivity contribution in [3.05, 3.63) is 35.6 Å². The number of hydrogen-bond donors (Lipinski definition) is 1. The Morgan fingerprint density at radius 1 is 1.40 bits per heavy atom. The molecule has 0 spiro atoms. The predicted molar refractivity (Wildman–Crippen MR) is 54.1 cm³/mol. The second-order valence-corrected chi connectivity index (χ2v) is 3.53. The van der Waals surface area contributed by atoms with Gasteiger partial charge in [-0.3, -0.25) is 0 Å². The molecule has 0 aliphatic carbocycles. The maximum atomic E-state index is 13.0. The summed E-state index contributed by atoms with van der Waals surface area (Å²) in [5.74, 6) is 0.462. The number of nitrogens with one attached hydrogen (secondary N) is 1. The number of rotatable bonds is 1. The molecule has 2 aromatic rings. The van der Waals surface area contributed by atoms with Gasteiger partial charge in [-0.25, -0.2) is 4.39 Å². The third-order valence-corrected chi connectivity index (χ3v) is 2.55. The normalized spacial score (nSPS) is 13.7. The Hall–Kier alpha value is -1.84. The minimum absolute atomic E-state index is 0.254. The highest BCUT2D eigenvalue weighted by atomic mass is 19.1. The number of nitrogens with zero attached hydrogens (tertiary/aromatic N) is 1. The first-order valence-electron chi connectivity index (χ1n) is 4.83. The maximum Gasteiger partial charge on any atom is 0.228 e. The van der Waals surface area contributed by atoms with Crippen molar-refractivity contribution < 1.29 is 8.91 Å². The van der Waals surface area contributed by atoms with E-state index < -0.39 is 0 Å². The molecule has 4 heteroatoms. The van der Waals surface area contributed by atoms with Gasteiger partial charge in [0, 0.05) is 17.7 Å². The average Bonchev–Trinajstić information content (AvgIpc) is 2.77. The Morgan fingerprint density at radius 3 is 3.20 bits per heavy atom. The van der Waals surface area contributed by atoms with Crippen LogP contribution in [0, 0.1) is 5.82 Å². The molecule has 0 unspecified atom stereocenters. The molecule has 1 aromatic carbocycles. The summed E-state index contributed by atoms with van der Waals surface area (Å²) in [4.78, 5) is 0. The van der Waals surface area contributed by atoms with Crippen LogP contribution in [-0.2, 0) is 6.42 Å². The van der Waals surface area contributed by atoms with E-state index in [1.54, 1.807) is 6.07 Å². The Morgan fingerprint density at radius 2 is 2.33 bits per heavy atom. The van der Waals surface area contributed by atoms with Crippen molar-refractivity contribution in [2.75, 3.05) is 11.9 Å². The lowest BCUT2D eigenvalue weighted by Crippen LogP contribution is -1.92. The van der Waals surface area contributed by atoms with E-state index in [9.17, 15) is 4.39 Å². The molecule has 0 fully saturated rings. The summed E-state index contributed by atoms with van der Waals surface area (Å²) in [6.45, 7) is 0.860. The van der Waals surface area contributed by atoms with Crippen molar-refractivity contribution in [2.24, 2.45) is 0 Å². The van der Waals surface area contributed by atoms with E-state index in [0.717, 1.165) is 29.8 Å². The molecule has 15 heavy (non-hydrogen) atoms. The summed E-state index contributed by atoms with van der Waals surface area (Å²) in [5.41, 5.74) is 2.55. The maximum absolute atomic E-state index is 13.0. The Bertz CT molecular complexity index is 507. The summed E-state index contributed by atoms with van der Waals surface area (Å²) in [6, 6.07) is 6.40. The topological polar surface area (TPSA) is 38.1 Å². The molecule has 1 aromatic heterocycles. The summed E-state index contributed by atoms with van der Waals surface area (Å²) < 4.78 is 18.2. The van der Waals surface area contributed by atoms with Crippen LogP contribution in [-0.4, -0.2) is 11.7 Å². The molecule has 0 bridgehead atoms. The second kappa shape index (κ2) is 3.08. The van der Waals surface area contributed by atoms with Gasteiger partial charge in [0.25, 0.3) is 0 Å². The van der Waals surface area contributed by atoms with Crippen LogP contribution in [0.5, 0.6) is 0 Å². The molecule has 0 saturated carbocycles. The molecule has 0 radical (unpaired) electrons. The van der Waals surface area contributed by atoms with Gasteiger partial charge in [0.15, 0.2) is 0 Å². The first kappa shape index (κ1) is 8.47. The van der Waals surface area contributed by atoms with Crippen LogP contribution >= 0.6 is 0 Å². The molecule has 1 aliphatic heterocycles. The van der Waals surface area contributed by atoms with Gasteiger partial charge in [0.05, 0.1) is 0 Å². The molecular formula is C11H9FN2O. The van der Waals surface area contributed by atoms with Crippen molar-refractivity contribution in [3.63, 3.8) is 0 Å². The fraction of sp³-hybridized carbons (Fsp3) is 0.182. The van der Waals surface area contributed by atoms with Crippen LogP contribution < -0.4 is 5.32 Å². The Kier molecular flexibility index (Phi) is 1.74. The van der Waals surface area contributed by atoms with E-state index in [4.69, 9.17) is 4.52 Å². The molecule has 1 aliphatic rings. The monoisotopic (exact) mass is 204 g/mol. The predicted octanol–water partition coefficient (Wildman–Crippen LogP) is 2.45. The van der Waals surface area contributed by atoms with Gasteiger partial charge in [-0.1, -0.05) is 17.3 Å². The molecule has 1 N–H and O–H groups in total. The minimum atomic E-state index is -0.254. The van der Waals surface area contributed by atoms with E-state index in [1.807, 2.05) is 6.07 Å². The van der Waals surface area contributed by atoms with Crippen LogP contribution in [0.25, 0.3) is 11.3 Å². The zero-order chi connectivity index (χ0) is 10.3. The highest BCUT2D eigenvalue weighted by molar-refractivity contribution is 5.69. The molecule has 2 heterocycles. The van der Waals surface area contributed by atoms with Crippen LogP contribution in [0.3, 0.4) is 0 Å². The van der Waals surface area contributed by atoms with Crippen LogP contribution in [0.4, 0.5) is 10.3 Å². The highest BCUT2D eigenvalue weighted by Gasteiger charge is 2.21. The van der Waals surface area contributed by atoms with Gasteiger partial charge in [-0.15, -0.1) is 0 Å². The van der Waals surface area contributed by atoms with Crippen molar-refractivity contribution in [1.29, 1.82) is 0 Å². The van der Waals surface area contributed by atoms with Crippen molar-refractivity contribution in [1.82, 2.24) is 5.16 Å². The summed E-state index contributed by atoms with van der Waals surface area (Å²) in [7, 11) is 0. The zero-order valence-corrected chi connectivity index (χ0v) is 7.96. The molecule has 3 nitrogen and oxygen atoms in total. The van der Waals surface area contributed by atoms with E-state index in [-0.39, 0.29) is 5.82 Å². The fourth-order valence-corrected chi connectivity index (χ4v) is 1.84. The number of anilines is 1. The molecule has 0 amide bonds. The van der Waals surface area contributed by atoms with Gasteiger partial charge in [-0.05, 0) is 18.6 Å². The zero-order valence-electron chi connectivity index (χ0n) is 7.96. The standard InChI is InChI=1S/C11H9FN2O/c12-8-3-1-2-7(6-8)10-9-4-5-13-11(9)15-14-10/h1-3,6,13H,4-5H2. The summed E-state index contributed by atoms with van der Waals surface area (Å²) in [5, 5.41) is 7.03. The summed E-state index contributed by atoms with van der Waals surface area (Å²) in [6.07, 6.45) is 0.880.